The lowest BCUT2D eigenvalue weighted by atomic mass is 10.0. The molecule has 0 amide bonds. The molecule has 0 rings (SSSR count). The Morgan fingerprint density at radius 3 is 2.13 bits per heavy atom. The minimum absolute atomic E-state index is 0.0151. The predicted octanol–water partition coefficient (Wildman–Crippen LogP) is -3.01. The molecule has 15 heavy (non-hydrogen) atoms. The van der Waals surface area contributed by atoms with Gasteiger partial charge in [0, 0.05) is 0 Å². The van der Waals surface area contributed by atoms with Crippen molar-refractivity contribution in [3.8, 4) is 0 Å². The van der Waals surface area contributed by atoms with Crippen LogP contribution in [0.2, 0.25) is 0 Å². The third kappa shape index (κ3) is 4.10. The van der Waals surface area contributed by atoms with Gasteiger partial charge in [-0.3, -0.25) is 0 Å². The van der Waals surface area contributed by atoms with Gasteiger partial charge in [-0.2, -0.15) is 0 Å². The van der Waals surface area contributed by atoms with Crippen LogP contribution in [0.1, 0.15) is 6.92 Å². The number of hydrogen-bond donors (Lipinski definition) is 5. The minimum Gasteiger partial charge on any atom is -0.464 e. The van der Waals surface area contributed by atoms with Crippen LogP contribution in [0.3, 0.4) is 0 Å². The molecule has 0 saturated carbocycles. The summed E-state index contributed by atoms with van der Waals surface area (Å²) < 4.78 is 4.38. The van der Waals surface area contributed by atoms with E-state index in [1.807, 2.05) is 0 Å². The van der Waals surface area contributed by atoms with Crippen molar-refractivity contribution < 1.29 is 35.1 Å². The summed E-state index contributed by atoms with van der Waals surface area (Å²) in [7, 11) is 0. The van der Waals surface area contributed by atoms with Crippen molar-refractivity contribution in [1.29, 1.82) is 0 Å². The zero-order valence-corrected chi connectivity index (χ0v) is 8.28. The summed E-state index contributed by atoms with van der Waals surface area (Å²) in [6, 6.07) is 0. The lowest BCUT2D eigenvalue weighted by Crippen LogP contribution is -2.49. The molecule has 0 saturated heterocycles. The van der Waals surface area contributed by atoms with E-state index in [2.05, 4.69) is 4.74 Å². The Morgan fingerprint density at radius 2 is 1.73 bits per heavy atom. The van der Waals surface area contributed by atoms with Crippen LogP contribution in [-0.2, 0) is 9.53 Å². The highest BCUT2D eigenvalue weighted by molar-refractivity contribution is 5.75. The average Bonchev–Trinajstić information content (AvgIpc) is 2.25. The molecule has 7 nitrogen and oxygen atoms in total. The molecule has 0 heterocycles. The number of esters is 1. The molecule has 7 heteroatoms. The highest BCUT2D eigenvalue weighted by atomic mass is 16.5. The van der Waals surface area contributed by atoms with Crippen molar-refractivity contribution in [3.05, 3.63) is 0 Å². The van der Waals surface area contributed by atoms with E-state index in [1.165, 1.54) is 6.92 Å². The minimum atomic E-state index is -1.96. The van der Waals surface area contributed by atoms with Crippen LogP contribution in [0, 0.1) is 0 Å². The Labute approximate surface area is 86.5 Å². The monoisotopic (exact) mass is 224 g/mol. The first-order valence-electron chi connectivity index (χ1n) is 4.45. The van der Waals surface area contributed by atoms with Crippen molar-refractivity contribution in [3.63, 3.8) is 0 Å². The van der Waals surface area contributed by atoms with Gasteiger partial charge in [-0.25, -0.2) is 4.79 Å². The lowest BCUT2D eigenvalue weighted by Gasteiger charge is -2.24. The Bertz CT molecular complexity index is 195. The first kappa shape index (κ1) is 14.3. The second kappa shape index (κ2) is 6.70. The average molecular weight is 224 g/mol. The second-order valence-electron chi connectivity index (χ2n) is 2.93. The maximum Gasteiger partial charge on any atom is 0.337 e. The lowest BCUT2D eigenvalue weighted by molar-refractivity contribution is -0.169. The van der Waals surface area contributed by atoms with E-state index in [1.54, 1.807) is 0 Å². The summed E-state index contributed by atoms with van der Waals surface area (Å²) in [4.78, 5) is 10.9. The van der Waals surface area contributed by atoms with Crippen LogP contribution in [0.4, 0.5) is 0 Å². The third-order valence-corrected chi connectivity index (χ3v) is 1.78. The molecule has 5 N–H and O–H groups in total. The van der Waals surface area contributed by atoms with E-state index in [0.717, 1.165) is 0 Å². The second-order valence-corrected chi connectivity index (χ2v) is 2.93. The molecule has 4 atom stereocenters. The normalized spacial score (nSPS) is 19.1. The molecular weight excluding hydrogens is 208 g/mol. The largest absolute Gasteiger partial charge is 0.464 e. The van der Waals surface area contributed by atoms with E-state index in [-0.39, 0.29) is 6.61 Å². The van der Waals surface area contributed by atoms with Crippen LogP contribution in [0.15, 0.2) is 0 Å². The van der Waals surface area contributed by atoms with E-state index in [9.17, 15) is 9.90 Å². The van der Waals surface area contributed by atoms with Gasteiger partial charge >= 0.3 is 5.97 Å². The van der Waals surface area contributed by atoms with Crippen molar-refractivity contribution in [2.75, 3.05) is 13.2 Å². The quantitative estimate of drug-likeness (QED) is 0.304. The smallest absolute Gasteiger partial charge is 0.337 e. The van der Waals surface area contributed by atoms with Crippen molar-refractivity contribution in [2.45, 2.75) is 31.3 Å². The molecule has 0 aliphatic carbocycles. The van der Waals surface area contributed by atoms with Gasteiger partial charge in [-0.05, 0) is 6.92 Å². The van der Waals surface area contributed by atoms with Gasteiger partial charge in [0.2, 0.25) is 0 Å². The van der Waals surface area contributed by atoms with Crippen LogP contribution in [0.5, 0.6) is 0 Å². The summed E-state index contributed by atoms with van der Waals surface area (Å²) in [5, 5.41) is 44.9. The third-order valence-electron chi connectivity index (χ3n) is 1.78. The molecule has 0 aromatic carbocycles. The van der Waals surface area contributed by atoms with Crippen LogP contribution in [0.25, 0.3) is 0 Å². The summed E-state index contributed by atoms with van der Waals surface area (Å²) in [5.41, 5.74) is 0. The number of hydrogen-bond acceptors (Lipinski definition) is 7. The molecule has 0 aliphatic heterocycles. The Kier molecular flexibility index (Phi) is 6.37. The fraction of sp³-hybridized carbons (Fsp3) is 0.875. The Hall–Kier alpha value is -0.730. The maximum absolute atomic E-state index is 10.9. The molecule has 0 unspecified atom stereocenters. The van der Waals surface area contributed by atoms with Crippen molar-refractivity contribution >= 4 is 5.97 Å². The molecule has 0 fully saturated rings. The van der Waals surface area contributed by atoms with Gasteiger partial charge in [0.1, 0.15) is 18.3 Å². The van der Waals surface area contributed by atoms with Gasteiger partial charge in [0.25, 0.3) is 0 Å². The summed E-state index contributed by atoms with van der Waals surface area (Å²) in [6.07, 6.45) is -7.33. The number of carbonyl (C=O) groups is 1. The molecule has 0 aromatic heterocycles. The first-order chi connectivity index (χ1) is 6.95. The topological polar surface area (TPSA) is 127 Å². The zero-order valence-electron chi connectivity index (χ0n) is 8.28. The van der Waals surface area contributed by atoms with Gasteiger partial charge in [0.05, 0.1) is 13.2 Å². The zero-order chi connectivity index (χ0) is 12.0. The van der Waals surface area contributed by atoms with Gasteiger partial charge in [-0.15, -0.1) is 0 Å². The SMILES string of the molecule is CCOC(=O)[C@H](O)[C@H](O)[C@@H](O)[C@@H](O)CO. The fourth-order valence-electron chi connectivity index (χ4n) is 0.889. The summed E-state index contributed by atoms with van der Waals surface area (Å²) >= 11 is 0. The van der Waals surface area contributed by atoms with E-state index < -0.39 is 37.0 Å². The standard InChI is InChI=1S/C8H16O7/c1-2-15-8(14)7(13)6(12)5(11)4(10)3-9/h4-7,9-13H,2-3H2,1H3/t4-,5-,6+,7+/m0/s1. The van der Waals surface area contributed by atoms with E-state index >= 15 is 0 Å². The van der Waals surface area contributed by atoms with Crippen LogP contribution >= 0.6 is 0 Å². The molecule has 0 aromatic rings. The summed E-state index contributed by atoms with van der Waals surface area (Å²) in [5.74, 6) is -1.10. The number of aliphatic hydroxyl groups is 5. The number of aliphatic hydroxyl groups excluding tert-OH is 5. The molecule has 0 bridgehead atoms. The van der Waals surface area contributed by atoms with Gasteiger partial charge in [-0.1, -0.05) is 0 Å². The molecule has 0 aliphatic rings. The highest BCUT2D eigenvalue weighted by Gasteiger charge is 2.34. The van der Waals surface area contributed by atoms with Crippen LogP contribution < -0.4 is 0 Å². The number of rotatable bonds is 6. The van der Waals surface area contributed by atoms with E-state index in [0.29, 0.717) is 0 Å². The van der Waals surface area contributed by atoms with Crippen molar-refractivity contribution in [1.82, 2.24) is 0 Å². The first-order valence-corrected chi connectivity index (χ1v) is 4.45. The molecule has 90 valence electrons. The maximum atomic E-state index is 10.9. The fourth-order valence-corrected chi connectivity index (χ4v) is 0.889. The highest BCUT2D eigenvalue weighted by Crippen LogP contribution is 2.06. The van der Waals surface area contributed by atoms with Gasteiger partial charge in [0.15, 0.2) is 6.10 Å². The Balaban J connectivity index is 4.29. The van der Waals surface area contributed by atoms with Crippen molar-refractivity contribution in [2.24, 2.45) is 0 Å². The van der Waals surface area contributed by atoms with Crippen LogP contribution in [-0.4, -0.2) is 69.1 Å². The van der Waals surface area contributed by atoms with E-state index in [4.69, 9.17) is 20.4 Å². The molecule has 0 radical (unpaired) electrons. The Morgan fingerprint density at radius 1 is 1.20 bits per heavy atom. The predicted molar refractivity (Wildman–Crippen MR) is 47.7 cm³/mol. The van der Waals surface area contributed by atoms with Gasteiger partial charge < -0.3 is 30.3 Å². The molecule has 0 spiro atoms. The molecular formula is C8H16O7. The number of ether oxygens (including phenoxy) is 1. The number of carbonyl (C=O) groups excluding carboxylic acids is 1. The summed E-state index contributed by atoms with van der Waals surface area (Å²) in [6.45, 7) is 0.727.